The van der Waals surface area contributed by atoms with E-state index in [1.807, 2.05) is 44.2 Å². The molecule has 0 saturated carbocycles. The van der Waals surface area contributed by atoms with Crippen LogP contribution in [0.4, 0.5) is 5.69 Å². The molecule has 6 nitrogen and oxygen atoms in total. The predicted molar refractivity (Wildman–Crippen MR) is 124 cm³/mol. The molecule has 4 rings (SSSR count). The van der Waals surface area contributed by atoms with E-state index in [1.165, 1.54) is 10.4 Å². The van der Waals surface area contributed by atoms with Gasteiger partial charge in [0.2, 0.25) is 5.76 Å². The molecule has 3 aromatic carbocycles. The van der Waals surface area contributed by atoms with Crippen molar-refractivity contribution in [1.82, 2.24) is 0 Å². The minimum absolute atomic E-state index is 0.0722. The van der Waals surface area contributed by atoms with Crippen LogP contribution in [0.2, 0.25) is 0 Å². The van der Waals surface area contributed by atoms with Gasteiger partial charge in [0.1, 0.15) is 5.58 Å². The summed E-state index contributed by atoms with van der Waals surface area (Å²) in [6, 6.07) is 22.9. The molecule has 7 heteroatoms. The van der Waals surface area contributed by atoms with Crippen molar-refractivity contribution >= 4 is 32.6 Å². The summed E-state index contributed by atoms with van der Waals surface area (Å²) in [5.41, 5.74) is 2.78. The lowest BCUT2D eigenvalue weighted by Gasteiger charge is -2.26. The molecule has 0 amide bonds. The maximum absolute atomic E-state index is 13.6. The van der Waals surface area contributed by atoms with Gasteiger partial charge in [0, 0.05) is 11.9 Å². The van der Waals surface area contributed by atoms with Gasteiger partial charge in [-0.25, -0.2) is 13.2 Å². The van der Waals surface area contributed by atoms with Gasteiger partial charge in [-0.05, 0) is 53.4 Å². The zero-order valence-electron chi connectivity index (χ0n) is 17.7. The van der Waals surface area contributed by atoms with Crippen LogP contribution in [0, 0.1) is 5.92 Å². The van der Waals surface area contributed by atoms with Gasteiger partial charge >= 0.3 is 5.97 Å². The zero-order valence-corrected chi connectivity index (χ0v) is 18.5. The van der Waals surface area contributed by atoms with Crippen LogP contribution in [-0.4, -0.2) is 26.0 Å². The van der Waals surface area contributed by atoms with E-state index in [2.05, 4.69) is 0 Å². The van der Waals surface area contributed by atoms with Gasteiger partial charge in [-0.2, -0.15) is 0 Å². The van der Waals surface area contributed by atoms with E-state index in [1.54, 1.807) is 42.5 Å². The number of nitrogens with zero attached hydrogens (tertiary/aromatic N) is 1. The number of hydrogen-bond acceptors (Lipinski definition) is 4. The highest BCUT2D eigenvalue weighted by molar-refractivity contribution is 7.92. The third-order valence-electron chi connectivity index (χ3n) is 5.08. The lowest BCUT2D eigenvalue weighted by Crippen LogP contribution is -2.34. The van der Waals surface area contributed by atoms with Crippen LogP contribution in [-0.2, 0) is 10.0 Å². The van der Waals surface area contributed by atoms with E-state index in [0.29, 0.717) is 16.7 Å². The third kappa shape index (κ3) is 4.24. The fraction of sp³-hybridized carbons (Fsp3) is 0.160. The van der Waals surface area contributed by atoms with Crippen molar-refractivity contribution < 1.29 is 22.7 Å². The molecule has 0 unspecified atom stereocenters. The van der Waals surface area contributed by atoms with Crippen molar-refractivity contribution in [3.05, 3.63) is 84.6 Å². The molecule has 32 heavy (non-hydrogen) atoms. The van der Waals surface area contributed by atoms with E-state index in [-0.39, 0.29) is 23.1 Å². The Morgan fingerprint density at radius 1 is 0.938 bits per heavy atom. The van der Waals surface area contributed by atoms with E-state index in [9.17, 15) is 13.2 Å². The van der Waals surface area contributed by atoms with Crippen LogP contribution in [0.3, 0.4) is 0 Å². The van der Waals surface area contributed by atoms with Crippen molar-refractivity contribution in [3.63, 3.8) is 0 Å². The van der Waals surface area contributed by atoms with Crippen LogP contribution in [0.5, 0.6) is 0 Å². The predicted octanol–water partition coefficient (Wildman–Crippen LogP) is 5.65. The normalized spacial score (nSPS) is 11.7. The average Bonchev–Trinajstić information content (AvgIpc) is 3.22. The minimum atomic E-state index is -3.84. The Hall–Kier alpha value is -3.58. The molecule has 0 saturated heterocycles. The molecule has 0 aliphatic rings. The summed E-state index contributed by atoms with van der Waals surface area (Å²) in [7, 11) is -3.84. The van der Waals surface area contributed by atoms with Gasteiger partial charge in [-0.1, -0.05) is 56.3 Å². The summed E-state index contributed by atoms with van der Waals surface area (Å²) < 4.78 is 33.8. The molecule has 0 radical (unpaired) electrons. The standard InChI is InChI=1S/C25H23NO5S/c1-17(2)16-26(21-10-13-23-20(14-21)15-24(31-23)25(27)28)32(29,30)22-11-8-19(9-12-22)18-6-4-3-5-7-18/h3-15,17H,16H2,1-2H3,(H,27,28). The van der Waals surface area contributed by atoms with Crippen molar-refractivity contribution in [2.75, 3.05) is 10.8 Å². The van der Waals surface area contributed by atoms with Crippen LogP contribution in [0.25, 0.3) is 22.1 Å². The smallest absolute Gasteiger partial charge is 0.371 e. The quantitative estimate of drug-likeness (QED) is 0.394. The molecule has 1 aromatic heterocycles. The Morgan fingerprint density at radius 3 is 2.22 bits per heavy atom. The number of fused-ring (bicyclic) bond motifs is 1. The highest BCUT2D eigenvalue weighted by Crippen LogP contribution is 2.30. The summed E-state index contributed by atoms with van der Waals surface area (Å²) in [6.07, 6.45) is 0. The average molecular weight is 450 g/mol. The summed E-state index contributed by atoms with van der Waals surface area (Å²) in [5.74, 6) is -1.29. The molecular weight excluding hydrogens is 426 g/mol. The maximum atomic E-state index is 13.6. The van der Waals surface area contributed by atoms with Gasteiger partial charge in [0.15, 0.2) is 0 Å². The zero-order chi connectivity index (χ0) is 22.9. The van der Waals surface area contributed by atoms with Gasteiger partial charge in [0.25, 0.3) is 10.0 Å². The molecule has 0 spiro atoms. The van der Waals surface area contributed by atoms with E-state index < -0.39 is 16.0 Å². The summed E-state index contributed by atoms with van der Waals surface area (Å²) in [5, 5.41) is 9.70. The molecule has 4 aromatic rings. The van der Waals surface area contributed by atoms with Crippen molar-refractivity contribution in [2.45, 2.75) is 18.7 Å². The maximum Gasteiger partial charge on any atom is 0.371 e. The number of anilines is 1. The first-order valence-electron chi connectivity index (χ1n) is 10.2. The lowest BCUT2D eigenvalue weighted by atomic mass is 10.1. The fourth-order valence-electron chi connectivity index (χ4n) is 3.54. The van der Waals surface area contributed by atoms with Crippen molar-refractivity contribution in [2.24, 2.45) is 5.92 Å². The highest BCUT2D eigenvalue weighted by atomic mass is 32.2. The first-order chi connectivity index (χ1) is 15.3. The van der Waals surface area contributed by atoms with Gasteiger partial charge in [-0.3, -0.25) is 4.31 Å². The van der Waals surface area contributed by atoms with Gasteiger partial charge in [-0.15, -0.1) is 0 Å². The number of carboxylic acid groups (broad SMARTS) is 1. The second-order valence-electron chi connectivity index (χ2n) is 7.96. The SMILES string of the molecule is CC(C)CN(c1ccc2oc(C(=O)O)cc2c1)S(=O)(=O)c1ccc(-c2ccccc2)cc1. The minimum Gasteiger partial charge on any atom is -0.475 e. The van der Waals surface area contributed by atoms with E-state index in [0.717, 1.165) is 11.1 Å². The molecular formula is C25H23NO5S. The molecule has 0 fully saturated rings. The molecule has 0 aliphatic heterocycles. The number of hydrogen-bond donors (Lipinski definition) is 1. The molecule has 1 N–H and O–H groups in total. The number of benzene rings is 3. The van der Waals surface area contributed by atoms with Crippen molar-refractivity contribution in [3.8, 4) is 11.1 Å². The second-order valence-corrected chi connectivity index (χ2v) is 9.82. The van der Waals surface area contributed by atoms with Crippen LogP contribution < -0.4 is 4.31 Å². The summed E-state index contributed by atoms with van der Waals surface area (Å²) in [4.78, 5) is 11.4. The van der Waals surface area contributed by atoms with E-state index >= 15 is 0 Å². The van der Waals surface area contributed by atoms with Gasteiger partial charge in [0.05, 0.1) is 10.6 Å². The largest absolute Gasteiger partial charge is 0.475 e. The Labute approximate surface area is 186 Å². The Kier molecular flexibility index (Phi) is 5.76. The topological polar surface area (TPSA) is 87.8 Å². The second kappa shape index (κ2) is 8.51. The van der Waals surface area contributed by atoms with Crippen molar-refractivity contribution in [1.29, 1.82) is 0 Å². The molecule has 0 bridgehead atoms. The Bertz CT molecular complexity index is 1360. The monoisotopic (exact) mass is 449 g/mol. The number of carbonyl (C=O) groups is 1. The van der Waals surface area contributed by atoms with Gasteiger partial charge < -0.3 is 9.52 Å². The first-order valence-corrected chi connectivity index (χ1v) is 11.6. The third-order valence-corrected chi connectivity index (χ3v) is 6.89. The number of carboxylic acids is 1. The summed E-state index contributed by atoms with van der Waals surface area (Å²) in [6.45, 7) is 4.16. The number of sulfonamides is 1. The highest BCUT2D eigenvalue weighted by Gasteiger charge is 2.26. The van der Waals surface area contributed by atoms with Crippen LogP contribution >= 0.6 is 0 Å². The molecule has 164 valence electrons. The Balaban J connectivity index is 1.73. The fourth-order valence-corrected chi connectivity index (χ4v) is 5.16. The molecule has 1 heterocycles. The Morgan fingerprint density at radius 2 is 1.59 bits per heavy atom. The lowest BCUT2D eigenvalue weighted by molar-refractivity contribution is 0.0665. The summed E-state index contributed by atoms with van der Waals surface area (Å²) >= 11 is 0. The molecule has 0 atom stereocenters. The van der Waals surface area contributed by atoms with E-state index in [4.69, 9.17) is 9.52 Å². The van der Waals surface area contributed by atoms with Crippen LogP contribution in [0.1, 0.15) is 24.4 Å². The number of furan rings is 1. The first kappa shape index (κ1) is 21.6. The number of rotatable bonds is 7. The molecule has 0 aliphatic carbocycles. The number of aromatic carboxylic acids is 1. The van der Waals surface area contributed by atoms with Crippen LogP contribution in [0.15, 0.2) is 88.2 Å².